The van der Waals surface area contributed by atoms with Crippen molar-refractivity contribution < 1.29 is 4.21 Å². The smallest absolute Gasteiger partial charge is 0.191 e. The van der Waals surface area contributed by atoms with Gasteiger partial charge < -0.3 is 15.6 Å². The second kappa shape index (κ2) is 10.3. The maximum Gasteiger partial charge on any atom is 0.191 e. The summed E-state index contributed by atoms with van der Waals surface area (Å²) in [6.07, 6.45) is 7.18. The molecule has 28 heavy (non-hydrogen) atoms. The summed E-state index contributed by atoms with van der Waals surface area (Å²) in [5.41, 5.74) is 2.33. The normalized spacial score (nSPS) is 21.6. The lowest BCUT2D eigenvalue weighted by Crippen LogP contribution is -2.46. The third kappa shape index (κ3) is 5.51. The Bertz CT molecular complexity index is 835. The van der Waals surface area contributed by atoms with Crippen molar-refractivity contribution in [3.63, 3.8) is 0 Å². The minimum absolute atomic E-state index is 0.315. The molecular weight excluding hydrogens is 392 g/mol. The fourth-order valence-electron chi connectivity index (χ4n) is 3.91. The lowest BCUT2D eigenvalue weighted by atomic mass is 9.95. The van der Waals surface area contributed by atoms with Gasteiger partial charge in [-0.15, -0.1) is 0 Å². The molecule has 1 heterocycles. The third-order valence-electron chi connectivity index (χ3n) is 5.35. The van der Waals surface area contributed by atoms with Gasteiger partial charge in [0.1, 0.15) is 0 Å². The highest BCUT2D eigenvalue weighted by molar-refractivity contribution is 7.85. The van der Waals surface area contributed by atoms with E-state index in [2.05, 4.69) is 22.5 Å². The van der Waals surface area contributed by atoms with Gasteiger partial charge in [-0.1, -0.05) is 24.9 Å². The second-order valence-corrected chi connectivity index (χ2v) is 9.76. The number of aliphatic imine (C=N–C) groups is 1. The second-order valence-electron chi connectivity index (χ2n) is 7.31. The molecule has 3 atom stereocenters. The van der Waals surface area contributed by atoms with Gasteiger partial charge in [-0.3, -0.25) is 9.20 Å². The van der Waals surface area contributed by atoms with E-state index in [0.29, 0.717) is 17.8 Å². The monoisotopic (exact) mass is 422 g/mol. The van der Waals surface area contributed by atoms with Crippen LogP contribution in [0.5, 0.6) is 0 Å². The highest BCUT2D eigenvalue weighted by Crippen LogP contribution is 2.24. The molecule has 0 saturated heterocycles. The zero-order chi connectivity index (χ0) is 19.9. The molecule has 0 bridgehead atoms. The van der Waals surface area contributed by atoms with Crippen molar-refractivity contribution in [2.24, 2.45) is 4.99 Å². The number of benzene rings is 1. The predicted molar refractivity (Wildman–Crippen MR) is 121 cm³/mol. The summed E-state index contributed by atoms with van der Waals surface area (Å²) in [6, 6.07) is 6.26. The van der Waals surface area contributed by atoms with Crippen LogP contribution in [-0.2, 0) is 17.2 Å². The largest absolute Gasteiger partial charge is 0.361 e. The number of halogens is 1. The molecule has 0 aliphatic heterocycles. The number of hydrogen-bond donors (Lipinski definition) is 3. The standard InChI is InChI=1S/C21H31ClN4OS/c1-3-23-21(26-17-6-5-7-18(13-17)28(27)4-2)24-11-10-15-14-25-20-9-8-16(22)12-19(15)20/h8-9,12,14,17-18,25H,3-7,10-11,13H2,1-2H3,(H2,23,24,26). The van der Waals surface area contributed by atoms with Crippen LogP contribution in [0.3, 0.4) is 0 Å². The van der Waals surface area contributed by atoms with Crippen LogP contribution in [0.4, 0.5) is 0 Å². The van der Waals surface area contributed by atoms with Gasteiger partial charge in [-0.2, -0.15) is 0 Å². The van der Waals surface area contributed by atoms with Crippen LogP contribution in [-0.4, -0.2) is 45.3 Å². The summed E-state index contributed by atoms with van der Waals surface area (Å²) in [5, 5.41) is 9.15. The number of aromatic amines is 1. The highest BCUT2D eigenvalue weighted by atomic mass is 35.5. The lowest BCUT2D eigenvalue weighted by molar-refractivity contribution is 0.413. The Labute approximate surface area is 175 Å². The molecule has 1 fully saturated rings. The maximum atomic E-state index is 12.2. The van der Waals surface area contributed by atoms with Crippen molar-refractivity contribution in [2.75, 3.05) is 18.8 Å². The molecule has 3 N–H and O–H groups in total. The average Bonchev–Trinajstić information content (AvgIpc) is 3.10. The van der Waals surface area contributed by atoms with Gasteiger partial charge in [-0.25, -0.2) is 0 Å². The zero-order valence-corrected chi connectivity index (χ0v) is 18.3. The van der Waals surface area contributed by atoms with Gasteiger partial charge in [-0.05, 0) is 56.4 Å². The summed E-state index contributed by atoms with van der Waals surface area (Å²) < 4.78 is 12.2. The first-order chi connectivity index (χ1) is 13.6. The number of aromatic nitrogens is 1. The first-order valence-corrected chi connectivity index (χ1v) is 12.0. The van der Waals surface area contributed by atoms with Crippen LogP contribution in [0.2, 0.25) is 5.02 Å². The van der Waals surface area contributed by atoms with Crippen LogP contribution in [0.25, 0.3) is 10.9 Å². The fraction of sp³-hybridized carbons (Fsp3) is 0.571. The summed E-state index contributed by atoms with van der Waals surface area (Å²) in [7, 11) is -0.708. The molecule has 0 radical (unpaired) electrons. The number of nitrogens with zero attached hydrogens (tertiary/aromatic N) is 1. The fourth-order valence-corrected chi connectivity index (χ4v) is 5.43. The Morgan fingerprint density at radius 3 is 3.00 bits per heavy atom. The van der Waals surface area contributed by atoms with Crippen LogP contribution in [0, 0.1) is 0 Å². The molecule has 0 spiro atoms. The maximum absolute atomic E-state index is 12.2. The van der Waals surface area contributed by atoms with Gasteiger partial charge in [0.25, 0.3) is 0 Å². The molecule has 0 amide bonds. The van der Waals surface area contributed by atoms with Crippen molar-refractivity contribution in [3.8, 4) is 0 Å². The quantitative estimate of drug-likeness (QED) is 0.466. The first kappa shape index (κ1) is 21.2. The Morgan fingerprint density at radius 2 is 2.21 bits per heavy atom. The van der Waals surface area contributed by atoms with Crippen molar-refractivity contribution in [3.05, 3.63) is 35.0 Å². The Hall–Kier alpha value is -1.53. The third-order valence-corrected chi connectivity index (χ3v) is 7.32. The lowest BCUT2D eigenvalue weighted by Gasteiger charge is -2.30. The Morgan fingerprint density at radius 1 is 1.36 bits per heavy atom. The number of fused-ring (bicyclic) bond motifs is 1. The molecule has 3 unspecified atom stereocenters. The van der Waals surface area contributed by atoms with Crippen LogP contribution < -0.4 is 10.6 Å². The number of nitrogens with one attached hydrogen (secondary N) is 3. The van der Waals surface area contributed by atoms with Gasteiger partial charge in [0.2, 0.25) is 0 Å². The van der Waals surface area contributed by atoms with Crippen LogP contribution in [0.1, 0.15) is 45.1 Å². The van der Waals surface area contributed by atoms with E-state index in [1.807, 2.05) is 31.3 Å². The minimum Gasteiger partial charge on any atom is -0.361 e. The molecule has 154 valence electrons. The molecule has 1 aliphatic carbocycles. The van der Waals surface area contributed by atoms with Crippen LogP contribution >= 0.6 is 11.6 Å². The van der Waals surface area contributed by atoms with E-state index in [0.717, 1.165) is 66.3 Å². The first-order valence-electron chi connectivity index (χ1n) is 10.3. The van der Waals surface area contributed by atoms with Gasteiger partial charge in [0.05, 0.1) is 0 Å². The zero-order valence-electron chi connectivity index (χ0n) is 16.8. The molecular formula is C21H31ClN4OS. The average molecular weight is 423 g/mol. The summed E-state index contributed by atoms with van der Waals surface area (Å²) in [4.78, 5) is 8.07. The van der Waals surface area contributed by atoms with E-state index in [1.165, 1.54) is 5.56 Å². The number of rotatable bonds is 7. The van der Waals surface area contributed by atoms with Crippen molar-refractivity contribution in [2.45, 2.75) is 57.2 Å². The van der Waals surface area contributed by atoms with E-state index in [-0.39, 0.29) is 0 Å². The van der Waals surface area contributed by atoms with E-state index in [9.17, 15) is 4.21 Å². The molecule has 1 aromatic carbocycles. The Kier molecular flexibility index (Phi) is 7.80. The van der Waals surface area contributed by atoms with E-state index >= 15 is 0 Å². The van der Waals surface area contributed by atoms with Crippen LogP contribution in [0.15, 0.2) is 29.4 Å². The van der Waals surface area contributed by atoms with E-state index < -0.39 is 10.8 Å². The van der Waals surface area contributed by atoms with E-state index in [4.69, 9.17) is 16.6 Å². The van der Waals surface area contributed by atoms with Gasteiger partial charge in [0, 0.05) is 63.1 Å². The predicted octanol–water partition coefficient (Wildman–Crippen LogP) is 4.00. The number of H-pyrrole nitrogens is 1. The topological polar surface area (TPSA) is 69.3 Å². The van der Waals surface area contributed by atoms with E-state index in [1.54, 1.807) is 0 Å². The SMILES string of the molecule is CCNC(=NCCc1c[nH]c2ccc(Cl)cc12)NC1CCCC(S(=O)CC)C1. The summed E-state index contributed by atoms with van der Waals surface area (Å²) in [5.74, 6) is 1.61. The minimum atomic E-state index is -0.708. The highest BCUT2D eigenvalue weighted by Gasteiger charge is 2.26. The molecule has 1 saturated carbocycles. The van der Waals surface area contributed by atoms with Crippen molar-refractivity contribution in [1.82, 2.24) is 15.6 Å². The molecule has 3 rings (SSSR count). The number of guanidine groups is 1. The molecule has 1 aliphatic rings. The molecule has 1 aromatic heterocycles. The molecule has 2 aromatic rings. The molecule has 5 nitrogen and oxygen atoms in total. The number of hydrogen-bond acceptors (Lipinski definition) is 2. The van der Waals surface area contributed by atoms with Gasteiger partial charge >= 0.3 is 0 Å². The summed E-state index contributed by atoms with van der Waals surface area (Å²) >= 11 is 6.14. The van der Waals surface area contributed by atoms with Crippen molar-refractivity contribution >= 4 is 39.3 Å². The van der Waals surface area contributed by atoms with Crippen molar-refractivity contribution in [1.29, 1.82) is 0 Å². The summed E-state index contributed by atoms with van der Waals surface area (Å²) in [6.45, 7) is 5.61. The Balaban J connectivity index is 1.60. The van der Waals surface area contributed by atoms with Gasteiger partial charge in [0.15, 0.2) is 5.96 Å². The molecule has 7 heteroatoms.